The van der Waals surface area contributed by atoms with Gasteiger partial charge in [0.15, 0.2) is 4.67 Å². The Morgan fingerprint density at radius 1 is 1.62 bits per heavy atom. The molecule has 0 aromatic carbocycles. The van der Waals surface area contributed by atoms with Gasteiger partial charge in [-0.15, -0.1) is 0 Å². The molecule has 0 fully saturated rings. The Labute approximate surface area is 102 Å². The molecule has 0 aliphatic rings. The number of furan rings is 1. The highest BCUT2D eigenvalue weighted by Crippen LogP contribution is 2.16. The van der Waals surface area contributed by atoms with E-state index >= 15 is 0 Å². The molecule has 1 unspecified atom stereocenters. The highest BCUT2D eigenvalue weighted by atomic mass is 79.9. The molecular weight excluding hydrogens is 276 g/mol. The summed E-state index contributed by atoms with van der Waals surface area (Å²) in [6, 6.07) is 1.60. The molecular formula is C10H15BrN2O3. The molecule has 0 aliphatic carbocycles. The molecule has 0 bridgehead atoms. The molecule has 90 valence electrons. The number of carbonyl (C=O) groups excluding carboxylic acids is 1. The number of aliphatic hydroxyl groups is 1. The zero-order valence-electron chi connectivity index (χ0n) is 9.00. The lowest BCUT2D eigenvalue weighted by atomic mass is 10.3. The van der Waals surface area contributed by atoms with Crippen molar-refractivity contribution in [1.29, 1.82) is 0 Å². The van der Waals surface area contributed by atoms with Gasteiger partial charge in [0.05, 0.1) is 17.9 Å². The SMILES string of the molecule is CC(O)CNCCNC(=O)c1ccoc1Br. The Morgan fingerprint density at radius 2 is 2.38 bits per heavy atom. The number of halogens is 1. The summed E-state index contributed by atoms with van der Waals surface area (Å²) in [4.78, 5) is 11.5. The van der Waals surface area contributed by atoms with Crippen LogP contribution in [0.2, 0.25) is 0 Å². The van der Waals surface area contributed by atoms with E-state index in [-0.39, 0.29) is 12.0 Å². The number of carbonyl (C=O) groups is 1. The summed E-state index contributed by atoms with van der Waals surface area (Å²) in [5, 5.41) is 14.7. The third-order valence-corrected chi connectivity index (χ3v) is 2.50. The standard InChI is InChI=1S/C10H15BrN2O3/c1-7(14)6-12-3-4-13-10(15)8-2-5-16-9(8)11/h2,5,7,12,14H,3-4,6H2,1H3,(H,13,15). The van der Waals surface area contributed by atoms with Crippen LogP contribution in [0.3, 0.4) is 0 Å². The first kappa shape index (κ1) is 13.2. The molecule has 6 heteroatoms. The summed E-state index contributed by atoms with van der Waals surface area (Å²) in [6.45, 7) is 3.34. The van der Waals surface area contributed by atoms with E-state index in [9.17, 15) is 4.79 Å². The zero-order chi connectivity index (χ0) is 12.0. The predicted octanol–water partition coefficient (Wildman–Crippen LogP) is 0.742. The maximum absolute atomic E-state index is 11.5. The topological polar surface area (TPSA) is 74.5 Å². The fourth-order valence-corrected chi connectivity index (χ4v) is 1.55. The monoisotopic (exact) mass is 290 g/mol. The summed E-state index contributed by atoms with van der Waals surface area (Å²) in [6.07, 6.45) is 1.07. The van der Waals surface area contributed by atoms with E-state index in [4.69, 9.17) is 9.52 Å². The molecule has 1 heterocycles. The first-order valence-corrected chi connectivity index (χ1v) is 5.80. The number of hydrogen-bond acceptors (Lipinski definition) is 4. The first-order chi connectivity index (χ1) is 7.61. The van der Waals surface area contributed by atoms with Crippen molar-refractivity contribution >= 4 is 21.8 Å². The second-order valence-electron chi connectivity index (χ2n) is 3.42. The van der Waals surface area contributed by atoms with Crippen molar-refractivity contribution in [2.45, 2.75) is 13.0 Å². The highest BCUT2D eigenvalue weighted by molar-refractivity contribution is 9.10. The van der Waals surface area contributed by atoms with Crippen molar-refractivity contribution in [3.8, 4) is 0 Å². The molecule has 3 N–H and O–H groups in total. The van der Waals surface area contributed by atoms with E-state index in [1.807, 2.05) is 0 Å². The molecule has 1 rings (SSSR count). The van der Waals surface area contributed by atoms with Crippen LogP contribution < -0.4 is 10.6 Å². The second-order valence-corrected chi connectivity index (χ2v) is 4.14. The van der Waals surface area contributed by atoms with Crippen molar-refractivity contribution in [2.75, 3.05) is 19.6 Å². The summed E-state index contributed by atoms with van der Waals surface area (Å²) in [7, 11) is 0. The fraction of sp³-hybridized carbons (Fsp3) is 0.500. The third-order valence-electron chi connectivity index (χ3n) is 1.89. The molecule has 1 aromatic rings. The van der Waals surface area contributed by atoms with Crippen molar-refractivity contribution in [1.82, 2.24) is 10.6 Å². The van der Waals surface area contributed by atoms with Gasteiger partial charge in [-0.25, -0.2) is 0 Å². The maximum Gasteiger partial charge on any atom is 0.255 e. The Kier molecular flexibility index (Phi) is 5.51. The quantitative estimate of drug-likeness (QED) is 0.676. The predicted molar refractivity (Wildman–Crippen MR) is 63.3 cm³/mol. The van der Waals surface area contributed by atoms with E-state index < -0.39 is 0 Å². The number of rotatable bonds is 6. The number of amides is 1. The van der Waals surface area contributed by atoms with Gasteiger partial charge in [-0.2, -0.15) is 0 Å². The Hall–Kier alpha value is -0.850. The number of nitrogens with one attached hydrogen (secondary N) is 2. The van der Waals surface area contributed by atoms with Gasteiger partial charge in [-0.05, 0) is 28.9 Å². The minimum Gasteiger partial charge on any atom is -0.457 e. The average molecular weight is 291 g/mol. The minimum atomic E-state index is -0.376. The zero-order valence-corrected chi connectivity index (χ0v) is 10.6. The minimum absolute atomic E-state index is 0.181. The van der Waals surface area contributed by atoms with Gasteiger partial charge in [-0.3, -0.25) is 4.79 Å². The van der Waals surface area contributed by atoms with E-state index in [1.54, 1.807) is 13.0 Å². The van der Waals surface area contributed by atoms with Crippen LogP contribution in [-0.4, -0.2) is 36.8 Å². The van der Waals surface area contributed by atoms with Crippen molar-refractivity contribution in [3.05, 3.63) is 22.6 Å². The van der Waals surface area contributed by atoms with Crippen molar-refractivity contribution in [2.24, 2.45) is 0 Å². The maximum atomic E-state index is 11.5. The molecule has 1 amide bonds. The average Bonchev–Trinajstić information content (AvgIpc) is 2.63. The summed E-state index contributed by atoms with van der Waals surface area (Å²) < 4.78 is 5.38. The number of aliphatic hydroxyl groups excluding tert-OH is 1. The van der Waals surface area contributed by atoms with Gasteiger partial charge < -0.3 is 20.2 Å². The lowest BCUT2D eigenvalue weighted by Crippen LogP contribution is -2.34. The van der Waals surface area contributed by atoms with Crippen LogP contribution in [0.15, 0.2) is 21.4 Å². The van der Waals surface area contributed by atoms with Crippen LogP contribution in [0.4, 0.5) is 0 Å². The molecule has 0 spiro atoms. The number of hydrogen-bond donors (Lipinski definition) is 3. The molecule has 1 atom stereocenters. The molecule has 5 nitrogen and oxygen atoms in total. The second kappa shape index (κ2) is 6.67. The smallest absolute Gasteiger partial charge is 0.255 e. The van der Waals surface area contributed by atoms with E-state index in [1.165, 1.54) is 6.26 Å². The lowest BCUT2D eigenvalue weighted by Gasteiger charge is -2.07. The van der Waals surface area contributed by atoms with Gasteiger partial charge in [0.25, 0.3) is 5.91 Å². The Bertz CT molecular complexity index is 339. The van der Waals surface area contributed by atoms with E-state index in [0.29, 0.717) is 29.9 Å². The molecule has 0 aliphatic heterocycles. The van der Waals surface area contributed by atoms with Crippen molar-refractivity contribution in [3.63, 3.8) is 0 Å². The van der Waals surface area contributed by atoms with Gasteiger partial charge in [0.2, 0.25) is 0 Å². The molecule has 0 saturated carbocycles. The van der Waals surface area contributed by atoms with E-state index in [0.717, 1.165) is 0 Å². The van der Waals surface area contributed by atoms with Crippen LogP contribution in [0.5, 0.6) is 0 Å². The normalized spacial score (nSPS) is 12.4. The highest BCUT2D eigenvalue weighted by Gasteiger charge is 2.11. The summed E-state index contributed by atoms with van der Waals surface area (Å²) >= 11 is 3.13. The van der Waals surface area contributed by atoms with Crippen LogP contribution in [0.25, 0.3) is 0 Å². The van der Waals surface area contributed by atoms with Gasteiger partial charge in [0, 0.05) is 19.6 Å². The van der Waals surface area contributed by atoms with Gasteiger partial charge >= 0.3 is 0 Å². The van der Waals surface area contributed by atoms with Gasteiger partial charge in [-0.1, -0.05) is 0 Å². The van der Waals surface area contributed by atoms with Crippen LogP contribution in [0, 0.1) is 0 Å². The lowest BCUT2D eigenvalue weighted by molar-refractivity contribution is 0.0952. The summed E-state index contributed by atoms with van der Waals surface area (Å²) in [5.41, 5.74) is 0.482. The third kappa shape index (κ3) is 4.34. The van der Waals surface area contributed by atoms with Crippen molar-refractivity contribution < 1.29 is 14.3 Å². The Balaban J connectivity index is 2.19. The Morgan fingerprint density at radius 3 is 2.94 bits per heavy atom. The van der Waals surface area contributed by atoms with Crippen LogP contribution in [0.1, 0.15) is 17.3 Å². The largest absolute Gasteiger partial charge is 0.457 e. The molecule has 16 heavy (non-hydrogen) atoms. The summed E-state index contributed by atoms with van der Waals surface area (Å²) in [5.74, 6) is -0.181. The van der Waals surface area contributed by atoms with Crippen LogP contribution in [-0.2, 0) is 0 Å². The molecule has 0 radical (unpaired) electrons. The first-order valence-electron chi connectivity index (χ1n) is 5.01. The molecule has 0 saturated heterocycles. The molecule has 1 aromatic heterocycles. The van der Waals surface area contributed by atoms with Crippen LogP contribution >= 0.6 is 15.9 Å². The van der Waals surface area contributed by atoms with E-state index in [2.05, 4.69) is 26.6 Å². The fourth-order valence-electron chi connectivity index (χ4n) is 1.13. The van der Waals surface area contributed by atoms with Gasteiger partial charge in [0.1, 0.15) is 0 Å².